The van der Waals surface area contributed by atoms with E-state index in [1.807, 2.05) is 24.3 Å². The van der Waals surface area contributed by atoms with Crippen molar-refractivity contribution in [1.82, 2.24) is 4.98 Å². The zero-order valence-electron chi connectivity index (χ0n) is 9.47. The smallest absolute Gasteiger partial charge is 0.129 e. The molecule has 0 fully saturated rings. The number of pyridine rings is 1. The fourth-order valence-electron chi connectivity index (χ4n) is 1.51. The van der Waals surface area contributed by atoms with Gasteiger partial charge < -0.3 is 4.74 Å². The minimum Gasteiger partial charge on any atom is -0.376 e. The van der Waals surface area contributed by atoms with Gasteiger partial charge in [-0.05, 0) is 23.6 Å². The molecular formula is C14H14ClNO. The van der Waals surface area contributed by atoms with Crippen LogP contribution in [0.5, 0.6) is 0 Å². The van der Waals surface area contributed by atoms with Crippen LogP contribution < -0.4 is 0 Å². The summed E-state index contributed by atoms with van der Waals surface area (Å²) in [4.78, 5) is 4.03. The van der Waals surface area contributed by atoms with Gasteiger partial charge in [-0.2, -0.15) is 0 Å². The Hall–Kier alpha value is -1.38. The van der Waals surface area contributed by atoms with E-state index in [9.17, 15) is 0 Å². The first-order chi connectivity index (χ1) is 8.34. The molecule has 0 aliphatic carbocycles. The second-order valence-electron chi connectivity index (χ2n) is 3.78. The number of nitrogens with zero attached hydrogens (tertiary/aromatic N) is 1. The van der Waals surface area contributed by atoms with E-state index in [2.05, 4.69) is 17.1 Å². The van der Waals surface area contributed by atoms with Crippen molar-refractivity contribution >= 4 is 11.6 Å². The van der Waals surface area contributed by atoms with Crippen molar-refractivity contribution in [3.8, 4) is 0 Å². The standard InChI is InChI=1S/C14H14ClNO/c15-14-7-6-12(10-16-14)8-9-17-11-13-4-2-1-3-5-13/h1-7,10H,8-9,11H2. The van der Waals surface area contributed by atoms with Crippen molar-refractivity contribution in [1.29, 1.82) is 0 Å². The average Bonchev–Trinajstić information content (AvgIpc) is 2.38. The summed E-state index contributed by atoms with van der Waals surface area (Å²) in [5.74, 6) is 0. The molecule has 0 saturated heterocycles. The molecule has 3 heteroatoms. The monoisotopic (exact) mass is 247 g/mol. The van der Waals surface area contributed by atoms with Crippen LogP contribution in [0.15, 0.2) is 48.7 Å². The lowest BCUT2D eigenvalue weighted by atomic mass is 10.2. The van der Waals surface area contributed by atoms with Crippen LogP contribution in [0, 0.1) is 0 Å². The zero-order chi connectivity index (χ0) is 11.9. The van der Waals surface area contributed by atoms with Gasteiger partial charge in [0.1, 0.15) is 5.15 Å². The molecule has 17 heavy (non-hydrogen) atoms. The van der Waals surface area contributed by atoms with Crippen molar-refractivity contribution in [2.24, 2.45) is 0 Å². The molecule has 0 unspecified atom stereocenters. The summed E-state index contributed by atoms with van der Waals surface area (Å²) < 4.78 is 5.59. The fourth-order valence-corrected chi connectivity index (χ4v) is 1.62. The van der Waals surface area contributed by atoms with Crippen LogP contribution in [0.4, 0.5) is 0 Å². The lowest BCUT2D eigenvalue weighted by Gasteiger charge is -2.04. The Balaban J connectivity index is 1.71. The van der Waals surface area contributed by atoms with Crippen molar-refractivity contribution < 1.29 is 4.74 Å². The third-order valence-electron chi connectivity index (χ3n) is 2.44. The van der Waals surface area contributed by atoms with E-state index in [0.29, 0.717) is 18.4 Å². The van der Waals surface area contributed by atoms with E-state index < -0.39 is 0 Å². The molecule has 88 valence electrons. The molecule has 0 radical (unpaired) electrons. The molecule has 2 rings (SSSR count). The summed E-state index contributed by atoms with van der Waals surface area (Å²) in [7, 11) is 0. The van der Waals surface area contributed by atoms with E-state index in [1.54, 1.807) is 12.3 Å². The summed E-state index contributed by atoms with van der Waals surface area (Å²) in [6.45, 7) is 1.35. The molecule has 2 nitrogen and oxygen atoms in total. The summed E-state index contributed by atoms with van der Waals surface area (Å²) in [6.07, 6.45) is 2.64. The summed E-state index contributed by atoms with van der Waals surface area (Å²) in [5, 5.41) is 0.527. The molecule has 0 saturated carbocycles. The third-order valence-corrected chi connectivity index (χ3v) is 2.66. The number of halogens is 1. The lowest BCUT2D eigenvalue weighted by molar-refractivity contribution is 0.124. The lowest BCUT2D eigenvalue weighted by Crippen LogP contribution is -1.99. The maximum absolute atomic E-state index is 5.71. The van der Waals surface area contributed by atoms with Crippen LogP contribution in [-0.4, -0.2) is 11.6 Å². The topological polar surface area (TPSA) is 22.1 Å². The fraction of sp³-hybridized carbons (Fsp3) is 0.214. The molecule has 1 heterocycles. The highest BCUT2D eigenvalue weighted by Gasteiger charge is 1.95. The third kappa shape index (κ3) is 4.17. The van der Waals surface area contributed by atoms with E-state index in [4.69, 9.17) is 16.3 Å². The molecule has 0 aliphatic rings. The minimum atomic E-state index is 0.527. The van der Waals surface area contributed by atoms with Gasteiger partial charge in [0.25, 0.3) is 0 Å². The van der Waals surface area contributed by atoms with Crippen molar-refractivity contribution in [3.05, 3.63) is 64.9 Å². The van der Waals surface area contributed by atoms with Crippen LogP contribution in [-0.2, 0) is 17.8 Å². The van der Waals surface area contributed by atoms with Gasteiger partial charge in [0, 0.05) is 6.20 Å². The first kappa shape index (κ1) is 12.1. The molecular weight excluding hydrogens is 234 g/mol. The maximum atomic E-state index is 5.71. The number of rotatable bonds is 5. The zero-order valence-corrected chi connectivity index (χ0v) is 10.2. The van der Waals surface area contributed by atoms with Gasteiger partial charge in [-0.3, -0.25) is 0 Å². The Bertz CT molecular complexity index is 442. The average molecular weight is 248 g/mol. The Labute approximate surface area is 106 Å². The molecule has 1 aromatic carbocycles. The van der Waals surface area contributed by atoms with Crippen LogP contribution in [0.25, 0.3) is 0 Å². The van der Waals surface area contributed by atoms with E-state index in [0.717, 1.165) is 12.0 Å². The minimum absolute atomic E-state index is 0.527. The molecule has 0 atom stereocenters. The Morgan fingerprint density at radius 2 is 1.82 bits per heavy atom. The summed E-state index contributed by atoms with van der Waals surface area (Å²) in [6, 6.07) is 13.9. The molecule has 0 spiro atoms. The molecule has 0 N–H and O–H groups in total. The van der Waals surface area contributed by atoms with Gasteiger partial charge in [-0.15, -0.1) is 0 Å². The van der Waals surface area contributed by atoms with Gasteiger partial charge >= 0.3 is 0 Å². The Morgan fingerprint density at radius 3 is 2.53 bits per heavy atom. The van der Waals surface area contributed by atoms with Gasteiger partial charge in [-0.25, -0.2) is 4.98 Å². The maximum Gasteiger partial charge on any atom is 0.129 e. The van der Waals surface area contributed by atoms with Gasteiger partial charge in [0.2, 0.25) is 0 Å². The van der Waals surface area contributed by atoms with E-state index in [1.165, 1.54) is 5.56 Å². The summed E-state index contributed by atoms with van der Waals surface area (Å²) in [5.41, 5.74) is 2.34. The number of benzene rings is 1. The molecule has 2 aromatic rings. The quantitative estimate of drug-likeness (QED) is 0.596. The van der Waals surface area contributed by atoms with Crippen molar-refractivity contribution in [2.45, 2.75) is 13.0 Å². The van der Waals surface area contributed by atoms with Gasteiger partial charge in [0.05, 0.1) is 13.2 Å². The number of hydrogen-bond donors (Lipinski definition) is 0. The van der Waals surface area contributed by atoms with Crippen molar-refractivity contribution in [3.63, 3.8) is 0 Å². The van der Waals surface area contributed by atoms with E-state index >= 15 is 0 Å². The highest BCUT2D eigenvalue weighted by molar-refractivity contribution is 6.29. The number of aromatic nitrogens is 1. The molecule has 0 amide bonds. The normalized spacial score (nSPS) is 10.4. The van der Waals surface area contributed by atoms with Crippen molar-refractivity contribution in [2.75, 3.05) is 6.61 Å². The predicted molar refractivity (Wildman–Crippen MR) is 69.0 cm³/mol. The Kier molecular flexibility index (Phi) is 4.54. The number of hydrogen-bond acceptors (Lipinski definition) is 2. The van der Waals surface area contributed by atoms with Crippen LogP contribution >= 0.6 is 11.6 Å². The highest BCUT2D eigenvalue weighted by Crippen LogP contribution is 2.06. The predicted octanol–water partition coefficient (Wildman–Crippen LogP) is 3.49. The first-order valence-corrected chi connectivity index (χ1v) is 5.94. The summed E-state index contributed by atoms with van der Waals surface area (Å²) >= 11 is 5.71. The van der Waals surface area contributed by atoms with Gasteiger partial charge in [-0.1, -0.05) is 48.0 Å². The molecule has 1 aromatic heterocycles. The molecule has 0 aliphatic heterocycles. The SMILES string of the molecule is Clc1ccc(CCOCc2ccccc2)cn1. The largest absolute Gasteiger partial charge is 0.376 e. The molecule has 0 bridgehead atoms. The van der Waals surface area contributed by atoms with E-state index in [-0.39, 0.29) is 0 Å². The van der Waals surface area contributed by atoms with Gasteiger partial charge in [0.15, 0.2) is 0 Å². The van der Waals surface area contributed by atoms with Crippen LogP contribution in [0.1, 0.15) is 11.1 Å². The first-order valence-electron chi connectivity index (χ1n) is 5.57. The number of ether oxygens (including phenoxy) is 1. The highest BCUT2D eigenvalue weighted by atomic mass is 35.5. The Morgan fingerprint density at radius 1 is 1.00 bits per heavy atom. The van der Waals surface area contributed by atoms with Crippen LogP contribution in [0.3, 0.4) is 0 Å². The van der Waals surface area contributed by atoms with Crippen LogP contribution in [0.2, 0.25) is 5.15 Å². The second kappa shape index (κ2) is 6.38. The second-order valence-corrected chi connectivity index (χ2v) is 4.16.